The lowest BCUT2D eigenvalue weighted by molar-refractivity contribution is -0.119. The summed E-state index contributed by atoms with van der Waals surface area (Å²) in [6.07, 6.45) is 2.61. The molecule has 2 atom stereocenters. The fourth-order valence-corrected chi connectivity index (χ4v) is 3.11. The maximum absolute atomic E-state index is 12.3. The van der Waals surface area contributed by atoms with Crippen LogP contribution >= 0.6 is 22.9 Å². The summed E-state index contributed by atoms with van der Waals surface area (Å²) in [7, 11) is 1.79. The van der Waals surface area contributed by atoms with Gasteiger partial charge < -0.3 is 0 Å². The average Bonchev–Trinajstić information content (AvgIpc) is 3.02. The molecule has 0 bridgehead atoms. The van der Waals surface area contributed by atoms with Gasteiger partial charge in [0, 0.05) is 29.6 Å². The highest BCUT2D eigenvalue weighted by molar-refractivity contribution is 7.13. The van der Waals surface area contributed by atoms with E-state index in [0.717, 1.165) is 22.1 Å². The van der Waals surface area contributed by atoms with E-state index >= 15 is 0 Å². The van der Waals surface area contributed by atoms with Crippen LogP contribution in [0.5, 0.6) is 0 Å². The molecule has 0 unspecified atom stereocenters. The van der Waals surface area contributed by atoms with Gasteiger partial charge in [-0.1, -0.05) is 23.7 Å². The van der Waals surface area contributed by atoms with Crippen molar-refractivity contribution >= 4 is 34.0 Å². The molecule has 1 aliphatic carbocycles. The van der Waals surface area contributed by atoms with E-state index in [1.54, 1.807) is 18.1 Å². The first-order chi connectivity index (χ1) is 9.16. The second kappa shape index (κ2) is 4.94. The van der Waals surface area contributed by atoms with Gasteiger partial charge in [0.1, 0.15) is 0 Å². The largest absolute Gasteiger partial charge is 0.291 e. The highest BCUT2D eigenvalue weighted by Crippen LogP contribution is 2.49. The van der Waals surface area contributed by atoms with Crippen LogP contribution in [0.2, 0.25) is 5.02 Å². The number of benzene rings is 1. The van der Waals surface area contributed by atoms with Crippen molar-refractivity contribution in [3.8, 4) is 0 Å². The van der Waals surface area contributed by atoms with Gasteiger partial charge in [-0.3, -0.25) is 9.69 Å². The van der Waals surface area contributed by atoms with Crippen LogP contribution < -0.4 is 4.90 Å². The number of amides is 1. The van der Waals surface area contributed by atoms with Crippen LogP contribution in [0.1, 0.15) is 17.9 Å². The molecule has 0 saturated heterocycles. The topological polar surface area (TPSA) is 33.2 Å². The number of nitrogens with zero attached hydrogens (tertiary/aromatic N) is 2. The van der Waals surface area contributed by atoms with Crippen LogP contribution in [0, 0.1) is 5.92 Å². The number of hydrogen-bond donors (Lipinski definition) is 0. The third-order valence-corrected chi connectivity index (χ3v) is 4.50. The van der Waals surface area contributed by atoms with Crippen molar-refractivity contribution in [3.63, 3.8) is 0 Å². The molecule has 98 valence electrons. The standard InChI is InChI=1S/C14H13ClN2OS/c1-17(14-16-5-6-19-14)13(18)12-8-11(12)9-3-2-4-10(15)7-9/h2-7,11-12H,8H2,1H3/t11-,12+/m0/s1. The third-order valence-electron chi connectivity index (χ3n) is 3.42. The summed E-state index contributed by atoms with van der Waals surface area (Å²) in [6.45, 7) is 0. The van der Waals surface area contributed by atoms with E-state index in [9.17, 15) is 4.79 Å². The van der Waals surface area contributed by atoms with E-state index in [1.807, 2.05) is 29.6 Å². The minimum Gasteiger partial charge on any atom is -0.291 e. The van der Waals surface area contributed by atoms with Gasteiger partial charge in [-0.25, -0.2) is 4.98 Å². The van der Waals surface area contributed by atoms with Crippen LogP contribution in [0.4, 0.5) is 5.13 Å². The van der Waals surface area contributed by atoms with Gasteiger partial charge in [0.25, 0.3) is 0 Å². The van der Waals surface area contributed by atoms with Crippen molar-refractivity contribution in [1.82, 2.24) is 4.98 Å². The van der Waals surface area contributed by atoms with Gasteiger partial charge in [0.05, 0.1) is 0 Å². The molecule has 19 heavy (non-hydrogen) atoms. The Hall–Kier alpha value is -1.39. The molecule has 0 spiro atoms. The first-order valence-electron chi connectivity index (χ1n) is 6.09. The van der Waals surface area contributed by atoms with E-state index in [-0.39, 0.29) is 11.8 Å². The maximum Gasteiger partial charge on any atom is 0.232 e. The normalized spacial score (nSPS) is 21.2. The molecule has 5 heteroatoms. The summed E-state index contributed by atoms with van der Waals surface area (Å²) in [6, 6.07) is 7.77. The first-order valence-corrected chi connectivity index (χ1v) is 7.35. The Morgan fingerprint density at radius 1 is 1.53 bits per heavy atom. The molecule has 1 aromatic heterocycles. The molecule has 1 fully saturated rings. The predicted octanol–water partition coefficient (Wildman–Crippen LogP) is 3.56. The Kier molecular flexibility index (Phi) is 3.29. The van der Waals surface area contributed by atoms with Crippen molar-refractivity contribution in [1.29, 1.82) is 0 Å². The van der Waals surface area contributed by atoms with Crippen molar-refractivity contribution < 1.29 is 4.79 Å². The van der Waals surface area contributed by atoms with Gasteiger partial charge in [-0.05, 0) is 30.0 Å². The molecule has 1 saturated carbocycles. The Morgan fingerprint density at radius 3 is 3.05 bits per heavy atom. The zero-order valence-electron chi connectivity index (χ0n) is 10.4. The monoisotopic (exact) mass is 292 g/mol. The fourth-order valence-electron chi connectivity index (χ4n) is 2.30. The zero-order valence-corrected chi connectivity index (χ0v) is 12.0. The van der Waals surface area contributed by atoms with Gasteiger partial charge in [-0.15, -0.1) is 11.3 Å². The molecule has 1 amide bonds. The molecule has 2 aromatic rings. The van der Waals surface area contributed by atoms with Crippen LogP contribution in [-0.4, -0.2) is 17.9 Å². The van der Waals surface area contributed by atoms with Gasteiger partial charge in [0.15, 0.2) is 5.13 Å². The highest BCUT2D eigenvalue weighted by atomic mass is 35.5. The molecule has 3 nitrogen and oxygen atoms in total. The number of aromatic nitrogens is 1. The molecule has 1 aliphatic rings. The van der Waals surface area contributed by atoms with Gasteiger partial charge in [-0.2, -0.15) is 0 Å². The molecule has 0 N–H and O–H groups in total. The molecule has 3 rings (SSSR count). The summed E-state index contributed by atoms with van der Waals surface area (Å²) in [5.74, 6) is 0.501. The quantitative estimate of drug-likeness (QED) is 0.866. The van der Waals surface area contributed by atoms with Crippen LogP contribution in [-0.2, 0) is 4.79 Å². The number of halogens is 1. The summed E-state index contributed by atoms with van der Waals surface area (Å²) in [4.78, 5) is 18.1. The molecular weight excluding hydrogens is 280 g/mol. The minimum absolute atomic E-state index is 0.0624. The number of rotatable bonds is 3. The number of hydrogen-bond acceptors (Lipinski definition) is 3. The van der Waals surface area contributed by atoms with E-state index in [1.165, 1.54) is 11.3 Å². The van der Waals surface area contributed by atoms with Crippen molar-refractivity contribution in [3.05, 3.63) is 46.4 Å². The molecular formula is C14H13ClN2OS. The van der Waals surface area contributed by atoms with E-state index in [4.69, 9.17) is 11.6 Å². The van der Waals surface area contributed by atoms with E-state index in [2.05, 4.69) is 4.98 Å². The van der Waals surface area contributed by atoms with E-state index < -0.39 is 0 Å². The first kappa shape index (κ1) is 12.6. The minimum atomic E-state index is 0.0624. The lowest BCUT2D eigenvalue weighted by Crippen LogP contribution is -2.28. The lowest BCUT2D eigenvalue weighted by atomic mass is 10.1. The summed E-state index contributed by atoms with van der Waals surface area (Å²) >= 11 is 7.46. The number of anilines is 1. The number of carbonyl (C=O) groups excluding carboxylic acids is 1. The van der Waals surface area contributed by atoms with Crippen LogP contribution in [0.15, 0.2) is 35.8 Å². The lowest BCUT2D eigenvalue weighted by Gasteiger charge is -2.13. The van der Waals surface area contributed by atoms with Crippen LogP contribution in [0.3, 0.4) is 0 Å². The average molecular weight is 293 g/mol. The van der Waals surface area contributed by atoms with Crippen molar-refractivity contribution in [2.45, 2.75) is 12.3 Å². The van der Waals surface area contributed by atoms with Gasteiger partial charge >= 0.3 is 0 Å². The van der Waals surface area contributed by atoms with E-state index in [0.29, 0.717) is 5.92 Å². The smallest absolute Gasteiger partial charge is 0.232 e. The number of carbonyl (C=O) groups is 1. The summed E-state index contributed by atoms with van der Waals surface area (Å²) in [5.41, 5.74) is 1.15. The Balaban J connectivity index is 1.71. The Morgan fingerprint density at radius 2 is 2.37 bits per heavy atom. The summed E-state index contributed by atoms with van der Waals surface area (Å²) < 4.78 is 0. The maximum atomic E-state index is 12.3. The second-order valence-electron chi connectivity index (χ2n) is 4.72. The van der Waals surface area contributed by atoms with Crippen molar-refractivity contribution in [2.75, 3.05) is 11.9 Å². The highest BCUT2D eigenvalue weighted by Gasteiger charge is 2.45. The Bertz CT molecular complexity index is 599. The molecule has 0 radical (unpaired) electrons. The third kappa shape index (κ3) is 2.51. The fraction of sp³-hybridized carbons (Fsp3) is 0.286. The number of thiazole rings is 1. The molecule has 1 heterocycles. The summed E-state index contributed by atoms with van der Waals surface area (Å²) in [5, 5.41) is 3.35. The zero-order chi connectivity index (χ0) is 13.4. The van der Waals surface area contributed by atoms with Gasteiger partial charge in [0.2, 0.25) is 5.91 Å². The van der Waals surface area contributed by atoms with Crippen LogP contribution in [0.25, 0.3) is 0 Å². The SMILES string of the molecule is CN(C(=O)[C@@H]1C[C@H]1c1cccc(Cl)c1)c1nccs1. The van der Waals surface area contributed by atoms with Crippen molar-refractivity contribution in [2.24, 2.45) is 5.92 Å². The molecule has 0 aliphatic heterocycles. The second-order valence-corrected chi connectivity index (χ2v) is 6.03. The molecule has 1 aromatic carbocycles. The predicted molar refractivity (Wildman–Crippen MR) is 77.8 cm³/mol. The Labute approximate surface area is 120 Å².